The molecule has 0 atom stereocenters. The van der Waals surface area contributed by atoms with Crippen LogP contribution < -0.4 is 4.90 Å². The molecule has 0 bridgehead atoms. The quantitative estimate of drug-likeness (QED) is 0.828. The highest BCUT2D eigenvalue weighted by Crippen LogP contribution is 2.17. The zero-order valence-electron chi connectivity index (χ0n) is 14.0. The minimum atomic E-state index is 0.202. The summed E-state index contributed by atoms with van der Waals surface area (Å²) in [4.78, 5) is 20.6. The number of benzene rings is 1. The van der Waals surface area contributed by atoms with Crippen LogP contribution in [0.1, 0.15) is 11.1 Å². The molecule has 128 valence electrons. The first kappa shape index (κ1) is 17.3. The van der Waals surface area contributed by atoms with Gasteiger partial charge in [0.05, 0.1) is 17.4 Å². The van der Waals surface area contributed by atoms with E-state index in [0.717, 1.165) is 43.2 Å². The summed E-state index contributed by atoms with van der Waals surface area (Å²) in [5.41, 5.74) is 2.97. The molecule has 0 N–H and O–H groups in total. The standard InChI is InChI=1S/C19H20N4OS/c20-13-16-1-3-17(4-2-16)14-25-15-19(24)23-11-9-22(10-12-23)18-5-7-21-8-6-18/h1-8H,9-12,14-15H2. The van der Waals surface area contributed by atoms with Crippen LogP contribution in [0.15, 0.2) is 48.8 Å². The molecule has 3 rings (SSSR count). The SMILES string of the molecule is N#Cc1ccc(CSCC(=O)N2CCN(c3ccncc3)CC2)cc1. The predicted molar refractivity (Wildman–Crippen MR) is 100 cm³/mol. The molecule has 0 saturated carbocycles. The molecule has 2 aromatic rings. The molecule has 6 heteroatoms. The number of pyridine rings is 1. The van der Waals surface area contributed by atoms with Gasteiger partial charge in [0.25, 0.3) is 0 Å². The van der Waals surface area contributed by atoms with Crippen LogP contribution in [0.25, 0.3) is 0 Å². The first-order valence-corrected chi connectivity index (χ1v) is 9.41. The van der Waals surface area contributed by atoms with Gasteiger partial charge in [-0.1, -0.05) is 12.1 Å². The summed E-state index contributed by atoms with van der Waals surface area (Å²) in [6.07, 6.45) is 3.60. The molecule has 0 unspecified atom stereocenters. The summed E-state index contributed by atoms with van der Waals surface area (Å²) >= 11 is 1.62. The summed E-state index contributed by atoms with van der Waals surface area (Å²) in [5, 5.41) is 8.80. The topological polar surface area (TPSA) is 60.2 Å². The van der Waals surface area contributed by atoms with Crippen molar-refractivity contribution in [2.75, 3.05) is 36.8 Å². The fourth-order valence-electron chi connectivity index (χ4n) is 2.79. The largest absolute Gasteiger partial charge is 0.368 e. The molecule has 25 heavy (non-hydrogen) atoms. The van der Waals surface area contributed by atoms with Crippen LogP contribution in [-0.2, 0) is 10.5 Å². The van der Waals surface area contributed by atoms with Gasteiger partial charge in [0.15, 0.2) is 0 Å². The molecule has 1 aromatic heterocycles. The summed E-state index contributed by atoms with van der Waals surface area (Å²) in [5.74, 6) is 1.48. The molecule has 1 fully saturated rings. The van der Waals surface area contributed by atoms with E-state index < -0.39 is 0 Å². The van der Waals surface area contributed by atoms with Gasteiger partial charge in [-0.05, 0) is 29.8 Å². The number of carbonyl (C=O) groups excluding carboxylic acids is 1. The van der Waals surface area contributed by atoms with Crippen molar-refractivity contribution in [1.29, 1.82) is 5.26 Å². The van der Waals surface area contributed by atoms with Gasteiger partial charge in [-0.2, -0.15) is 5.26 Å². The van der Waals surface area contributed by atoms with E-state index in [4.69, 9.17) is 5.26 Å². The first-order chi connectivity index (χ1) is 12.3. The van der Waals surface area contributed by atoms with E-state index in [-0.39, 0.29) is 5.91 Å². The predicted octanol–water partition coefficient (Wildman–Crippen LogP) is 2.54. The molecule has 2 heterocycles. The van der Waals surface area contributed by atoms with Gasteiger partial charge < -0.3 is 9.80 Å². The Hall–Kier alpha value is -2.52. The normalized spacial score (nSPS) is 14.2. The highest BCUT2D eigenvalue weighted by atomic mass is 32.2. The Kier molecular flexibility index (Phi) is 5.91. The number of thioether (sulfide) groups is 1. The van der Waals surface area contributed by atoms with Crippen LogP contribution in [0, 0.1) is 11.3 Å². The summed E-state index contributed by atoms with van der Waals surface area (Å²) in [6.45, 7) is 3.24. The summed E-state index contributed by atoms with van der Waals surface area (Å²) in [6, 6.07) is 13.6. The fraction of sp³-hybridized carbons (Fsp3) is 0.316. The number of amides is 1. The number of hydrogen-bond donors (Lipinski definition) is 0. The number of nitrogens with zero attached hydrogens (tertiary/aromatic N) is 4. The lowest BCUT2D eigenvalue weighted by atomic mass is 10.2. The fourth-order valence-corrected chi connectivity index (χ4v) is 3.68. The van der Waals surface area contributed by atoms with Crippen molar-refractivity contribution < 1.29 is 4.79 Å². The van der Waals surface area contributed by atoms with Crippen LogP contribution in [0.4, 0.5) is 5.69 Å². The second kappa shape index (κ2) is 8.54. The smallest absolute Gasteiger partial charge is 0.232 e. The number of anilines is 1. The van der Waals surface area contributed by atoms with Crippen molar-refractivity contribution in [2.45, 2.75) is 5.75 Å². The van der Waals surface area contributed by atoms with Crippen LogP contribution in [0.2, 0.25) is 0 Å². The van der Waals surface area contributed by atoms with E-state index in [1.807, 2.05) is 41.3 Å². The zero-order valence-corrected chi connectivity index (χ0v) is 14.8. The minimum absolute atomic E-state index is 0.202. The van der Waals surface area contributed by atoms with Crippen LogP contribution in [0.3, 0.4) is 0 Å². The van der Waals surface area contributed by atoms with Crippen molar-refractivity contribution in [3.05, 3.63) is 59.9 Å². The van der Waals surface area contributed by atoms with Gasteiger partial charge in [0.2, 0.25) is 5.91 Å². The number of nitriles is 1. The van der Waals surface area contributed by atoms with E-state index in [2.05, 4.69) is 16.0 Å². The lowest BCUT2D eigenvalue weighted by molar-refractivity contribution is -0.128. The van der Waals surface area contributed by atoms with Crippen LogP contribution in [-0.4, -0.2) is 47.7 Å². The Morgan fingerprint density at radius 2 is 1.76 bits per heavy atom. The van der Waals surface area contributed by atoms with Crippen molar-refractivity contribution >= 4 is 23.4 Å². The van der Waals surface area contributed by atoms with Gasteiger partial charge in [0, 0.05) is 50.0 Å². The molecular formula is C19H20N4OS. The molecule has 0 aliphatic carbocycles. The van der Waals surface area contributed by atoms with E-state index >= 15 is 0 Å². The number of rotatable bonds is 5. The lowest BCUT2D eigenvalue weighted by Crippen LogP contribution is -2.49. The van der Waals surface area contributed by atoms with Gasteiger partial charge in [-0.15, -0.1) is 11.8 Å². The minimum Gasteiger partial charge on any atom is -0.368 e. The zero-order chi connectivity index (χ0) is 17.5. The molecule has 1 amide bonds. The Morgan fingerprint density at radius 3 is 2.40 bits per heavy atom. The monoisotopic (exact) mass is 352 g/mol. The average Bonchev–Trinajstić information content (AvgIpc) is 2.69. The first-order valence-electron chi connectivity index (χ1n) is 8.26. The third kappa shape index (κ3) is 4.74. The Bertz CT molecular complexity index is 734. The Morgan fingerprint density at radius 1 is 1.08 bits per heavy atom. The van der Waals surface area contributed by atoms with E-state index in [0.29, 0.717) is 11.3 Å². The van der Waals surface area contributed by atoms with Crippen molar-refractivity contribution in [3.63, 3.8) is 0 Å². The summed E-state index contributed by atoms with van der Waals surface area (Å²) in [7, 11) is 0. The average molecular weight is 352 g/mol. The molecule has 0 radical (unpaired) electrons. The molecule has 1 aliphatic heterocycles. The maximum absolute atomic E-state index is 12.4. The van der Waals surface area contributed by atoms with Gasteiger partial charge in [0.1, 0.15) is 0 Å². The van der Waals surface area contributed by atoms with Crippen molar-refractivity contribution in [2.24, 2.45) is 0 Å². The van der Waals surface area contributed by atoms with Gasteiger partial charge >= 0.3 is 0 Å². The highest BCUT2D eigenvalue weighted by molar-refractivity contribution is 7.99. The molecule has 5 nitrogen and oxygen atoms in total. The molecular weight excluding hydrogens is 332 g/mol. The lowest BCUT2D eigenvalue weighted by Gasteiger charge is -2.36. The Balaban J connectivity index is 1.41. The summed E-state index contributed by atoms with van der Waals surface area (Å²) < 4.78 is 0. The number of piperazine rings is 1. The van der Waals surface area contributed by atoms with E-state index in [1.54, 1.807) is 24.2 Å². The molecule has 1 aromatic carbocycles. The second-order valence-electron chi connectivity index (χ2n) is 5.87. The van der Waals surface area contributed by atoms with Gasteiger partial charge in [-0.25, -0.2) is 0 Å². The third-order valence-electron chi connectivity index (χ3n) is 4.24. The number of carbonyl (C=O) groups is 1. The van der Waals surface area contributed by atoms with Crippen LogP contribution >= 0.6 is 11.8 Å². The highest BCUT2D eigenvalue weighted by Gasteiger charge is 2.20. The molecule has 1 saturated heterocycles. The maximum atomic E-state index is 12.4. The molecule has 1 aliphatic rings. The van der Waals surface area contributed by atoms with Crippen molar-refractivity contribution in [1.82, 2.24) is 9.88 Å². The van der Waals surface area contributed by atoms with Crippen molar-refractivity contribution in [3.8, 4) is 6.07 Å². The third-order valence-corrected chi connectivity index (χ3v) is 5.23. The van der Waals surface area contributed by atoms with Gasteiger partial charge in [-0.3, -0.25) is 9.78 Å². The van der Waals surface area contributed by atoms with E-state index in [1.165, 1.54) is 0 Å². The number of hydrogen-bond acceptors (Lipinski definition) is 5. The van der Waals surface area contributed by atoms with Crippen LogP contribution in [0.5, 0.6) is 0 Å². The molecule has 0 spiro atoms. The van der Waals surface area contributed by atoms with E-state index in [9.17, 15) is 4.79 Å². The maximum Gasteiger partial charge on any atom is 0.232 e. The number of aromatic nitrogens is 1. The Labute approximate surface area is 152 Å². The second-order valence-corrected chi connectivity index (χ2v) is 6.86.